The molecule has 0 saturated heterocycles. The summed E-state index contributed by atoms with van der Waals surface area (Å²) in [6, 6.07) is 4.31. The second-order valence-electron chi connectivity index (χ2n) is 3.29. The smallest absolute Gasteiger partial charge is 0.124 e. The first-order chi connectivity index (χ1) is 6.19. The van der Waals surface area contributed by atoms with Crippen molar-refractivity contribution in [3.05, 3.63) is 28.8 Å². The van der Waals surface area contributed by atoms with E-state index < -0.39 is 0 Å². The molecule has 0 fully saturated rings. The number of rotatable bonds is 3. The summed E-state index contributed by atoms with van der Waals surface area (Å²) >= 11 is 0. The average molecular weight is 179 g/mol. The van der Waals surface area contributed by atoms with Gasteiger partial charge < -0.3 is 10.1 Å². The summed E-state index contributed by atoms with van der Waals surface area (Å²) < 4.78 is 5.29. The molecule has 0 aliphatic heterocycles. The Labute approximate surface area is 79.9 Å². The van der Waals surface area contributed by atoms with Crippen molar-refractivity contribution >= 4 is 0 Å². The van der Waals surface area contributed by atoms with Crippen LogP contribution in [0.2, 0.25) is 0 Å². The summed E-state index contributed by atoms with van der Waals surface area (Å²) in [4.78, 5) is 0. The molecule has 0 amide bonds. The van der Waals surface area contributed by atoms with E-state index in [4.69, 9.17) is 4.74 Å². The van der Waals surface area contributed by atoms with Crippen LogP contribution in [0.25, 0.3) is 0 Å². The van der Waals surface area contributed by atoms with Crippen molar-refractivity contribution in [2.75, 3.05) is 14.2 Å². The topological polar surface area (TPSA) is 21.3 Å². The molecule has 0 unspecified atom stereocenters. The molecule has 0 saturated carbocycles. The Hall–Kier alpha value is -1.02. The molecule has 0 aliphatic carbocycles. The molecule has 1 aromatic rings. The molecule has 0 radical (unpaired) electrons. The maximum atomic E-state index is 5.29. The highest BCUT2D eigenvalue weighted by Crippen LogP contribution is 2.23. The lowest BCUT2D eigenvalue weighted by Gasteiger charge is -2.10. The molecule has 0 bridgehead atoms. The molecular formula is C11H17NO. The standard InChI is InChI=1S/C11H17NO/c1-8-5-10(7-12-3)6-9(2)11(8)13-4/h5-6,12H,7H2,1-4H3. The van der Waals surface area contributed by atoms with Crippen LogP contribution >= 0.6 is 0 Å². The molecule has 2 heteroatoms. The van der Waals surface area contributed by atoms with Crippen LogP contribution in [-0.4, -0.2) is 14.2 Å². The largest absolute Gasteiger partial charge is 0.496 e. The summed E-state index contributed by atoms with van der Waals surface area (Å²) in [5.41, 5.74) is 3.71. The highest BCUT2D eigenvalue weighted by atomic mass is 16.5. The van der Waals surface area contributed by atoms with Gasteiger partial charge in [-0.25, -0.2) is 0 Å². The fraction of sp³-hybridized carbons (Fsp3) is 0.455. The summed E-state index contributed by atoms with van der Waals surface area (Å²) in [7, 11) is 3.67. The third-order valence-electron chi connectivity index (χ3n) is 2.11. The van der Waals surface area contributed by atoms with Gasteiger partial charge in [-0.3, -0.25) is 0 Å². The number of hydrogen-bond acceptors (Lipinski definition) is 2. The number of hydrogen-bond donors (Lipinski definition) is 1. The summed E-state index contributed by atoms with van der Waals surface area (Å²) in [6.45, 7) is 5.06. The normalized spacial score (nSPS) is 10.2. The fourth-order valence-corrected chi connectivity index (χ4v) is 1.67. The van der Waals surface area contributed by atoms with Crippen molar-refractivity contribution < 1.29 is 4.74 Å². The zero-order valence-electron chi connectivity index (χ0n) is 8.77. The summed E-state index contributed by atoms with van der Waals surface area (Å²) in [5.74, 6) is 1.000. The lowest BCUT2D eigenvalue weighted by atomic mass is 10.1. The Morgan fingerprint density at radius 2 is 1.77 bits per heavy atom. The quantitative estimate of drug-likeness (QED) is 0.766. The van der Waals surface area contributed by atoms with Gasteiger partial charge in [0.05, 0.1) is 7.11 Å². The van der Waals surface area contributed by atoms with E-state index >= 15 is 0 Å². The Kier molecular flexibility index (Phi) is 3.32. The Morgan fingerprint density at radius 1 is 1.23 bits per heavy atom. The SMILES string of the molecule is CNCc1cc(C)c(OC)c(C)c1. The van der Waals surface area contributed by atoms with Gasteiger partial charge in [0, 0.05) is 6.54 Å². The van der Waals surface area contributed by atoms with Gasteiger partial charge >= 0.3 is 0 Å². The van der Waals surface area contributed by atoms with Crippen LogP contribution in [0.4, 0.5) is 0 Å². The monoisotopic (exact) mass is 179 g/mol. The van der Waals surface area contributed by atoms with Gasteiger partial charge in [0.1, 0.15) is 5.75 Å². The number of nitrogens with one attached hydrogen (secondary N) is 1. The number of aryl methyl sites for hydroxylation is 2. The zero-order chi connectivity index (χ0) is 9.84. The predicted octanol–water partition coefficient (Wildman–Crippen LogP) is 2.03. The van der Waals surface area contributed by atoms with E-state index in [0.717, 1.165) is 12.3 Å². The first kappa shape index (κ1) is 10.1. The van der Waals surface area contributed by atoms with E-state index in [0.29, 0.717) is 0 Å². The molecule has 1 N–H and O–H groups in total. The van der Waals surface area contributed by atoms with Crippen LogP contribution < -0.4 is 10.1 Å². The second-order valence-corrected chi connectivity index (χ2v) is 3.29. The van der Waals surface area contributed by atoms with Gasteiger partial charge in [-0.1, -0.05) is 12.1 Å². The zero-order valence-corrected chi connectivity index (χ0v) is 8.77. The number of methoxy groups -OCH3 is 1. The minimum absolute atomic E-state index is 0.908. The Bertz CT molecular complexity index is 271. The molecule has 1 aromatic carbocycles. The van der Waals surface area contributed by atoms with Gasteiger partial charge in [-0.2, -0.15) is 0 Å². The lowest BCUT2D eigenvalue weighted by Crippen LogP contribution is -2.06. The Morgan fingerprint density at radius 3 is 2.15 bits per heavy atom. The van der Waals surface area contributed by atoms with E-state index in [1.165, 1.54) is 16.7 Å². The van der Waals surface area contributed by atoms with Gasteiger partial charge in [0.15, 0.2) is 0 Å². The van der Waals surface area contributed by atoms with Crippen LogP contribution in [-0.2, 0) is 6.54 Å². The fourth-order valence-electron chi connectivity index (χ4n) is 1.67. The van der Waals surface area contributed by atoms with Crippen LogP contribution in [0.1, 0.15) is 16.7 Å². The van der Waals surface area contributed by atoms with Crippen molar-refractivity contribution in [3.8, 4) is 5.75 Å². The van der Waals surface area contributed by atoms with Crippen LogP contribution in [0.15, 0.2) is 12.1 Å². The molecule has 1 rings (SSSR count). The minimum atomic E-state index is 0.908. The maximum absolute atomic E-state index is 5.29. The minimum Gasteiger partial charge on any atom is -0.496 e. The van der Waals surface area contributed by atoms with Gasteiger partial charge in [-0.15, -0.1) is 0 Å². The van der Waals surface area contributed by atoms with Gasteiger partial charge in [-0.05, 0) is 37.6 Å². The maximum Gasteiger partial charge on any atom is 0.124 e. The highest BCUT2D eigenvalue weighted by Gasteiger charge is 2.03. The number of ether oxygens (including phenoxy) is 1. The molecule has 0 aromatic heterocycles. The first-order valence-electron chi connectivity index (χ1n) is 4.47. The first-order valence-corrected chi connectivity index (χ1v) is 4.47. The van der Waals surface area contributed by atoms with Crippen LogP contribution in [0, 0.1) is 13.8 Å². The van der Waals surface area contributed by atoms with E-state index in [9.17, 15) is 0 Å². The van der Waals surface area contributed by atoms with E-state index in [-0.39, 0.29) is 0 Å². The van der Waals surface area contributed by atoms with Crippen LogP contribution in [0.5, 0.6) is 5.75 Å². The van der Waals surface area contributed by atoms with Crippen LogP contribution in [0.3, 0.4) is 0 Å². The molecule has 13 heavy (non-hydrogen) atoms. The second kappa shape index (κ2) is 4.28. The Balaban J connectivity index is 3.05. The van der Waals surface area contributed by atoms with Crippen molar-refractivity contribution in [2.24, 2.45) is 0 Å². The third kappa shape index (κ3) is 2.22. The molecule has 2 nitrogen and oxygen atoms in total. The summed E-state index contributed by atoms with van der Waals surface area (Å²) in [5, 5.41) is 3.14. The molecule has 0 aliphatic rings. The molecule has 72 valence electrons. The summed E-state index contributed by atoms with van der Waals surface area (Å²) in [6.07, 6.45) is 0. The molecule has 0 heterocycles. The van der Waals surface area contributed by atoms with E-state index in [2.05, 4.69) is 31.3 Å². The van der Waals surface area contributed by atoms with E-state index in [1.807, 2.05) is 7.05 Å². The predicted molar refractivity (Wildman–Crippen MR) is 55.2 cm³/mol. The van der Waals surface area contributed by atoms with Gasteiger partial charge in [0.2, 0.25) is 0 Å². The van der Waals surface area contributed by atoms with E-state index in [1.54, 1.807) is 7.11 Å². The van der Waals surface area contributed by atoms with Crippen molar-refractivity contribution in [1.29, 1.82) is 0 Å². The third-order valence-corrected chi connectivity index (χ3v) is 2.11. The highest BCUT2D eigenvalue weighted by molar-refractivity contribution is 5.43. The molecular weight excluding hydrogens is 162 g/mol. The molecule has 0 atom stereocenters. The lowest BCUT2D eigenvalue weighted by molar-refractivity contribution is 0.408. The van der Waals surface area contributed by atoms with Crippen molar-refractivity contribution in [3.63, 3.8) is 0 Å². The van der Waals surface area contributed by atoms with Crippen molar-refractivity contribution in [1.82, 2.24) is 5.32 Å². The van der Waals surface area contributed by atoms with Gasteiger partial charge in [0.25, 0.3) is 0 Å². The molecule has 0 spiro atoms. The number of benzene rings is 1. The average Bonchev–Trinajstić information content (AvgIpc) is 2.04. The van der Waals surface area contributed by atoms with Crippen molar-refractivity contribution in [2.45, 2.75) is 20.4 Å².